The molecule has 3 heterocycles. The Morgan fingerprint density at radius 1 is 1.32 bits per heavy atom. The third-order valence-electron chi connectivity index (χ3n) is 5.74. The fourth-order valence-electron chi connectivity index (χ4n) is 3.87. The number of nitrogens with one attached hydrogen (secondary N) is 1. The maximum atomic E-state index is 15.8. The van der Waals surface area contributed by atoms with Crippen LogP contribution in [-0.4, -0.2) is 67.2 Å². The molecule has 0 bridgehead atoms. The molecule has 4 N–H and O–H groups in total. The molecule has 1 aliphatic heterocycles. The number of aliphatic hydroxyl groups excluding tert-OH is 1. The van der Waals surface area contributed by atoms with Gasteiger partial charge >= 0.3 is 13.7 Å². The Kier molecular flexibility index (Phi) is 8.00. The van der Waals surface area contributed by atoms with Crippen LogP contribution >= 0.6 is 7.75 Å². The van der Waals surface area contributed by atoms with Gasteiger partial charge < -0.3 is 24.8 Å². The molecule has 2 aromatic heterocycles. The van der Waals surface area contributed by atoms with E-state index in [1.807, 2.05) is 0 Å². The molecule has 4 rings (SSSR count). The molecule has 0 saturated carbocycles. The van der Waals surface area contributed by atoms with Crippen LogP contribution in [0.3, 0.4) is 0 Å². The van der Waals surface area contributed by atoms with Crippen LogP contribution in [0.2, 0.25) is 0 Å². The number of hydrogen-bond acceptors (Lipinski definition) is 11. The maximum absolute atomic E-state index is 15.8. The fourth-order valence-corrected chi connectivity index (χ4v) is 5.37. The SMILES string of the molecule is CC(C)OC(=O)C(C)N[P@@](=O)(OCC1OC(n2cnc3cnc(N)nc32)[C@](C)(F)[C@@H]1O)Oc1ccccc1. The number of carbonyl (C=O) groups excluding carboxylic acids is 1. The zero-order chi connectivity index (χ0) is 27.7. The molecule has 0 amide bonds. The first kappa shape index (κ1) is 27.9. The van der Waals surface area contributed by atoms with E-state index in [0.717, 1.165) is 6.92 Å². The number of hydrogen-bond donors (Lipinski definition) is 3. The molecule has 3 aromatic rings. The number of fused-ring (bicyclic) bond motifs is 1. The summed E-state index contributed by atoms with van der Waals surface area (Å²) < 4.78 is 52.9. The number of nitrogens with two attached hydrogens (primary N) is 1. The first-order chi connectivity index (χ1) is 17.9. The normalized spacial score (nSPS) is 25.8. The summed E-state index contributed by atoms with van der Waals surface area (Å²) in [7, 11) is -4.26. The van der Waals surface area contributed by atoms with Crippen molar-refractivity contribution in [3.05, 3.63) is 42.9 Å². The number of aromatic nitrogens is 4. The van der Waals surface area contributed by atoms with E-state index in [4.69, 9.17) is 24.3 Å². The second kappa shape index (κ2) is 10.9. The van der Waals surface area contributed by atoms with E-state index in [-0.39, 0.29) is 17.3 Å². The second-order valence-electron chi connectivity index (χ2n) is 9.25. The van der Waals surface area contributed by atoms with E-state index in [9.17, 15) is 14.5 Å². The second-order valence-corrected chi connectivity index (χ2v) is 10.9. The van der Waals surface area contributed by atoms with E-state index < -0.39 is 56.6 Å². The van der Waals surface area contributed by atoms with Crippen LogP contribution in [0.15, 0.2) is 42.9 Å². The molecule has 1 aromatic carbocycles. The lowest BCUT2D eigenvalue weighted by Gasteiger charge is -2.25. The fraction of sp³-hybridized carbons (Fsp3) is 0.478. The molecule has 1 saturated heterocycles. The third-order valence-corrected chi connectivity index (χ3v) is 7.38. The van der Waals surface area contributed by atoms with E-state index in [1.54, 1.807) is 44.2 Å². The number of carbonyl (C=O) groups is 1. The number of aliphatic hydroxyl groups is 1. The van der Waals surface area contributed by atoms with Gasteiger partial charge in [0, 0.05) is 0 Å². The highest BCUT2D eigenvalue weighted by atomic mass is 31.2. The number of rotatable bonds is 10. The van der Waals surface area contributed by atoms with Gasteiger partial charge in [-0.15, -0.1) is 0 Å². The molecule has 6 atom stereocenters. The minimum absolute atomic E-state index is 0.0478. The lowest BCUT2D eigenvalue weighted by molar-refractivity contribution is -0.149. The predicted molar refractivity (Wildman–Crippen MR) is 134 cm³/mol. The van der Waals surface area contributed by atoms with E-state index >= 15 is 4.39 Å². The Labute approximate surface area is 218 Å². The minimum atomic E-state index is -4.26. The Morgan fingerprint density at radius 2 is 2.03 bits per heavy atom. The largest absolute Gasteiger partial charge is 0.462 e. The van der Waals surface area contributed by atoms with Gasteiger partial charge in [-0.25, -0.2) is 18.9 Å². The Bertz CT molecular complexity index is 1320. The third kappa shape index (κ3) is 5.94. The maximum Gasteiger partial charge on any atom is 0.459 e. The standard InChI is InChI=1S/C23H30FN6O7P/c1-13(2)35-20(32)14(3)29-38(33,37-15-8-6-5-7-9-15)34-11-17-18(31)23(4,24)21(36-17)30-12-27-16-10-26-22(25)28-19(16)30/h5-10,12-14,17-18,21,31H,11H2,1-4H3,(H,29,33)(H2,25,26,28)/t14?,17?,18-,21?,23-,38-/m1/s1. The molecular formula is C23H30FN6O7P. The summed E-state index contributed by atoms with van der Waals surface area (Å²) in [6.07, 6.45) is -2.07. The average Bonchev–Trinajstić information content (AvgIpc) is 3.35. The van der Waals surface area contributed by atoms with Gasteiger partial charge in [0.15, 0.2) is 17.5 Å². The number of halogens is 1. The van der Waals surface area contributed by atoms with Gasteiger partial charge in [-0.1, -0.05) is 18.2 Å². The number of alkyl halides is 1. The van der Waals surface area contributed by atoms with Crippen molar-refractivity contribution in [1.82, 2.24) is 24.6 Å². The molecule has 1 fully saturated rings. The molecule has 1 aliphatic rings. The first-order valence-electron chi connectivity index (χ1n) is 11.8. The van der Waals surface area contributed by atoms with Crippen molar-refractivity contribution in [2.45, 2.75) is 63.9 Å². The predicted octanol–water partition coefficient (Wildman–Crippen LogP) is 2.53. The summed E-state index contributed by atoms with van der Waals surface area (Å²) in [5, 5.41) is 13.3. The van der Waals surface area contributed by atoms with Crippen molar-refractivity contribution in [3.8, 4) is 5.75 Å². The molecule has 0 radical (unpaired) electrons. The molecule has 3 unspecified atom stereocenters. The van der Waals surface area contributed by atoms with Gasteiger partial charge in [0.25, 0.3) is 0 Å². The Morgan fingerprint density at radius 3 is 2.71 bits per heavy atom. The molecule has 15 heteroatoms. The summed E-state index contributed by atoms with van der Waals surface area (Å²) in [6.45, 7) is 5.38. The zero-order valence-corrected chi connectivity index (χ0v) is 22.1. The monoisotopic (exact) mass is 552 g/mol. The Balaban J connectivity index is 1.54. The van der Waals surface area contributed by atoms with Gasteiger partial charge in [-0.05, 0) is 39.8 Å². The highest BCUT2D eigenvalue weighted by molar-refractivity contribution is 7.52. The van der Waals surface area contributed by atoms with Crippen molar-refractivity contribution in [2.24, 2.45) is 0 Å². The topological polar surface area (TPSA) is 173 Å². The number of ether oxygens (including phenoxy) is 2. The molecular weight excluding hydrogens is 522 g/mol. The average molecular weight is 553 g/mol. The Hall–Kier alpha value is -3.16. The molecule has 0 aliphatic carbocycles. The van der Waals surface area contributed by atoms with Crippen LogP contribution in [0.1, 0.15) is 33.9 Å². The van der Waals surface area contributed by atoms with Crippen LogP contribution in [-0.2, 0) is 23.4 Å². The number of benzene rings is 1. The van der Waals surface area contributed by atoms with Gasteiger partial charge in [0.2, 0.25) is 5.95 Å². The lowest BCUT2D eigenvalue weighted by Crippen LogP contribution is -2.41. The van der Waals surface area contributed by atoms with E-state index in [2.05, 4.69) is 20.0 Å². The summed E-state index contributed by atoms with van der Waals surface area (Å²) in [5.41, 5.74) is 3.89. The number of anilines is 1. The molecule has 38 heavy (non-hydrogen) atoms. The van der Waals surface area contributed by atoms with Crippen molar-refractivity contribution in [3.63, 3.8) is 0 Å². The first-order valence-corrected chi connectivity index (χ1v) is 13.4. The number of imidazole rings is 1. The molecule has 206 valence electrons. The van der Waals surface area contributed by atoms with Crippen LogP contribution in [0.4, 0.5) is 10.3 Å². The van der Waals surface area contributed by atoms with Crippen LogP contribution in [0, 0.1) is 0 Å². The number of esters is 1. The highest BCUT2D eigenvalue weighted by Crippen LogP contribution is 2.48. The summed E-state index contributed by atoms with van der Waals surface area (Å²) in [4.78, 5) is 24.4. The van der Waals surface area contributed by atoms with Crippen molar-refractivity contribution >= 4 is 30.8 Å². The van der Waals surface area contributed by atoms with Crippen LogP contribution < -0.4 is 15.3 Å². The number of nitrogen functional groups attached to an aromatic ring is 1. The van der Waals surface area contributed by atoms with Crippen molar-refractivity contribution in [1.29, 1.82) is 0 Å². The summed E-state index contributed by atoms with van der Waals surface area (Å²) in [5.74, 6) is -0.535. The van der Waals surface area contributed by atoms with Crippen molar-refractivity contribution < 1.29 is 37.4 Å². The lowest BCUT2D eigenvalue weighted by atomic mass is 9.98. The van der Waals surface area contributed by atoms with E-state index in [1.165, 1.54) is 24.0 Å². The van der Waals surface area contributed by atoms with Gasteiger partial charge in [0.05, 0.1) is 25.2 Å². The smallest absolute Gasteiger partial charge is 0.459 e. The summed E-state index contributed by atoms with van der Waals surface area (Å²) >= 11 is 0. The molecule has 13 nitrogen and oxygen atoms in total. The van der Waals surface area contributed by atoms with Crippen LogP contribution in [0.5, 0.6) is 5.75 Å². The zero-order valence-electron chi connectivity index (χ0n) is 21.2. The quantitative estimate of drug-likeness (QED) is 0.248. The van der Waals surface area contributed by atoms with Crippen molar-refractivity contribution in [2.75, 3.05) is 12.3 Å². The van der Waals surface area contributed by atoms with Gasteiger partial charge in [0.1, 0.15) is 29.5 Å². The number of nitrogens with zero attached hydrogens (tertiary/aromatic N) is 4. The molecule has 0 spiro atoms. The number of para-hydroxylation sites is 1. The van der Waals surface area contributed by atoms with Crippen LogP contribution in [0.25, 0.3) is 11.2 Å². The highest BCUT2D eigenvalue weighted by Gasteiger charge is 2.56. The van der Waals surface area contributed by atoms with E-state index in [0.29, 0.717) is 5.52 Å². The van der Waals surface area contributed by atoms with Gasteiger partial charge in [-0.3, -0.25) is 13.9 Å². The summed E-state index contributed by atoms with van der Waals surface area (Å²) in [6, 6.07) is 7.06. The minimum Gasteiger partial charge on any atom is -0.462 e. The van der Waals surface area contributed by atoms with Gasteiger partial charge in [-0.2, -0.15) is 10.1 Å².